The van der Waals surface area contributed by atoms with Gasteiger partial charge < -0.3 is 5.32 Å². The van der Waals surface area contributed by atoms with Crippen molar-refractivity contribution in [2.24, 2.45) is 0 Å². The Morgan fingerprint density at radius 1 is 1.50 bits per heavy atom. The zero-order valence-electron chi connectivity index (χ0n) is 7.47. The van der Waals surface area contributed by atoms with Crippen molar-refractivity contribution in [1.82, 2.24) is 5.32 Å². The van der Waals surface area contributed by atoms with Crippen molar-refractivity contribution in [1.29, 1.82) is 0 Å². The highest BCUT2D eigenvalue weighted by Gasteiger charge is 2.00. The Kier molecular flexibility index (Phi) is 5.70. The summed E-state index contributed by atoms with van der Waals surface area (Å²) in [6.45, 7) is 9.02. The Balaban J connectivity index is 4.22. The van der Waals surface area contributed by atoms with Gasteiger partial charge in [0.15, 0.2) is 0 Å². The molecule has 66 valence electrons. The molecule has 12 heavy (non-hydrogen) atoms. The normalized spacial score (nSPS) is 10.6. The van der Waals surface area contributed by atoms with Crippen LogP contribution in [0.4, 0.5) is 0 Å². The third-order valence-corrected chi connectivity index (χ3v) is 1.37. The summed E-state index contributed by atoms with van der Waals surface area (Å²) in [5.41, 5.74) is 0.608. The lowest BCUT2D eigenvalue weighted by molar-refractivity contribution is -0.116. The van der Waals surface area contributed by atoms with E-state index in [2.05, 4.69) is 25.4 Å². The van der Waals surface area contributed by atoms with Crippen LogP contribution >= 0.6 is 0 Å². The maximum Gasteiger partial charge on any atom is 0.254 e. The molecule has 0 aromatic rings. The van der Waals surface area contributed by atoms with Crippen LogP contribution in [-0.4, -0.2) is 5.91 Å². The van der Waals surface area contributed by atoms with Gasteiger partial charge in [-0.2, -0.15) is 0 Å². The van der Waals surface area contributed by atoms with Gasteiger partial charge in [0.2, 0.25) is 0 Å². The minimum Gasteiger partial charge on any atom is -0.329 e. The number of hydrogen-bond acceptors (Lipinski definition) is 1. The van der Waals surface area contributed by atoms with Crippen LogP contribution in [0.3, 0.4) is 0 Å². The number of amides is 1. The van der Waals surface area contributed by atoms with Gasteiger partial charge in [-0.3, -0.25) is 4.79 Å². The predicted molar refractivity (Wildman–Crippen MR) is 51.5 cm³/mol. The number of unbranched alkanes of at least 4 members (excludes halogenated alkanes) is 1. The van der Waals surface area contributed by atoms with E-state index in [1.165, 1.54) is 6.20 Å². The van der Waals surface area contributed by atoms with E-state index in [4.69, 9.17) is 0 Å². The quantitative estimate of drug-likeness (QED) is 0.491. The minimum atomic E-state index is -0.145. The van der Waals surface area contributed by atoms with Crippen molar-refractivity contribution in [3.05, 3.63) is 37.1 Å². The van der Waals surface area contributed by atoms with Crippen LogP contribution in [0.2, 0.25) is 0 Å². The average Bonchev–Trinajstić information content (AvgIpc) is 2.06. The van der Waals surface area contributed by atoms with Crippen LogP contribution in [0, 0.1) is 0 Å². The van der Waals surface area contributed by atoms with Crippen LogP contribution in [0.5, 0.6) is 0 Å². The molecule has 0 atom stereocenters. The molecule has 0 rings (SSSR count). The smallest absolute Gasteiger partial charge is 0.254 e. The molecule has 0 unspecified atom stereocenters. The number of carbonyl (C=O) groups excluding carboxylic acids is 1. The highest BCUT2D eigenvalue weighted by atomic mass is 16.1. The summed E-state index contributed by atoms with van der Waals surface area (Å²) in [6, 6.07) is 0. The second kappa shape index (κ2) is 6.40. The fourth-order valence-corrected chi connectivity index (χ4v) is 0.745. The van der Waals surface area contributed by atoms with Crippen LogP contribution in [0.25, 0.3) is 0 Å². The SMILES string of the molecule is C=CNC(=O)C(C=C)=CCCC. The van der Waals surface area contributed by atoms with Gasteiger partial charge in [0.05, 0.1) is 0 Å². The third-order valence-electron chi connectivity index (χ3n) is 1.37. The maximum atomic E-state index is 11.2. The third kappa shape index (κ3) is 3.76. The first-order valence-electron chi connectivity index (χ1n) is 4.00. The molecule has 1 amide bonds. The lowest BCUT2D eigenvalue weighted by Gasteiger charge is -1.99. The van der Waals surface area contributed by atoms with E-state index in [0.717, 1.165) is 12.8 Å². The van der Waals surface area contributed by atoms with Gasteiger partial charge in [0.1, 0.15) is 0 Å². The molecule has 0 aromatic carbocycles. The summed E-state index contributed by atoms with van der Waals surface area (Å²) >= 11 is 0. The zero-order valence-corrected chi connectivity index (χ0v) is 7.47. The molecular weight excluding hydrogens is 150 g/mol. The molecule has 1 N–H and O–H groups in total. The van der Waals surface area contributed by atoms with E-state index in [0.29, 0.717) is 5.57 Å². The number of nitrogens with one attached hydrogen (secondary N) is 1. The van der Waals surface area contributed by atoms with Gasteiger partial charge in [-0.25, -0.2) is 0 Å². The summed E-state index contributed by atoms with van der Waals surface area (Å²) in [7, 11) is 0. The lowest BCUT2D eigenvalue weighted by Crippen LogP contribution is -2.17. The van der Waals surface area contributed by atoms with Crippen LogP contribution in [0.1, 0.15) is 19.8 Å². The highest BCUT2D eigenvalue weighted by Crippen LogP contribution is 2.00. The van der Waals surface area contributed by atoms with Gasteiger partial charge in [-0.05, 0) is 12.6 Å². The van der Waals surface area contributed by atoms with E-state index in [9.17, 15) is 4.79 Å². The molecule has 0 fully saturated rings. The summed E-state index contributed by atoms with van der Waals surface area (Å²) in [5, 5.41) is 2.49. The average molecular weight is 165 g/mol. The molecule has 0 spiro atoms. The van der Waals surface area contributed by atoms with Crippen LogP contribution in [-0.2, 0) is 4.79 Å². The van der Waals surface area contributed by atoms with E-state index in [-0.39, 0.29) is 5.91 Å². The predicted octanol–water partition coefficient (Wildman–Crippen LogP) is 2.16. The van der Waals surface area contributed by atoms with Gasteiger partial charge in [-0.15, -0.1) is 0 Å². The van der Waals surface area contributed by atoms with E-state index >= 15 is 0 Å². The largest absolute Gasteiger partial charge is 0.329 e. The first-order valence-corrected chi connectivity index (χ1v) is 4.00. The van der Waals surface area contributed by atoms with Crippen molar-refractivity contribution in [2.75, 3.05) is 0 Å². The molecule has 0 saturated heterocycles. The van der Waals surface area contributed by atoms with E-state index < -0.39 is 0 Å². The van der Waals surface area contributed by atoms with Crippen LogP contribution in [0.15, 0.2) is 37.1 Å². The maximum absolute atomic E-state index is 11.2. The molecule has 0 radical (unpaired) electrons. The van der Waals surface area contributed by atoms with Gasteiger partial charge in [0.25, 0.3) is 5.91 Å². The van der Waals surface area contributed by atoms with Gasteiger partial charge in [0, 0.05) is 5.57 Å². The lowest BCUT2D eigenvalue weighted by atomic mass is 10.2. The number of carbonyl (C=O) groups is 1. The zero-order chi connectivity index (χ0) is 9.40. The van der Waals surface area contributed by atoms with Crippen molar-refractivity contribution in [3.8, 4) is 0 Å². The molecule has 0 bridgehead atoms. The number of hydrogen-bond donors (Lipinski definition) is 1. The van der Waals surface area contributed by atoms with Crippen molar-refractivity contribution >= 4 is 5.91 Å². The molecule has 0 saturated carbocycles. The monoisotopic (exact) mass is 165 g/mol. The fourth-order valence-electron chi connectivity index (χ4n) is 0.745. The molecular formula is C10H15NO. The fraction of sp³-hybridized carbons (Fsp3) is 0.300. The summed E-state index contributed by atoms with van der Waals surface area (Å²) in [6.07, 6.45) is 6.70. The standard InChI is InChI=1S/C10H15NO/c1-4-7-8-9(5-2)10(12)11-6-3/h5-6,8H,2-4,7H2,1H3,(H,11,12). The highest BCUT2D eigenvalue weighted by molar-refractivity contribution is 5.96. The van der Waals surface area contributed by atoms with Crippen molar-refractivity contribution in [3.63, 3.8) is 0 Å². The Labute approximate surface area is 73.7 Å². The first kappa shape index (κ1) is 10.7. The summed E-state index contributed by atoms with van der Waals surface area (Å²) in [4.78, 5) is 11.2. The molecule has 0 aromatic heterocycles. The Bertz CT molecular complexity index is 204. The van der Waals surface area contributed by atoms with Crippen LogP contribution < -0.4 is 5.32 Å². The van der Waals surface area contributed by atoms with Crippen molar-refractivity contribution < 1.29 is 4.79 Å². The van der Waals surface area contributed by atoms with Gasteiger partial charge in [-0.1, -0.05) is 38.7 Å². The molecule has 0 aliphatic rings. The number of allylic oxidation sites excluding steroid dienone is 1. The molecule has 2 heteroatoms. The second-order valence-electron chi connectivity index (χ2n) is 2.33. The molecule has 0 aliphatic carbocycles. The minimum absolute atomic E-state index is 0.145. The van der Waals surface area contributed by atoms with E-state index in [1.54, 1.807) is 6.08 Å². The Morgan fingerprint density at radius 3 is 2.58 bits per heavy atom. The number of rotatable bonds is 5. The Morgan fingerprint density at radius 2 is 2.17 bits per heavy atom. The summed E-state index contributed by atoms with van der Waals surface area (Å²) in [5.74, 6) is -0.145. The molecule has 2 nitrogen and oxygen atoms in total. The Hall–Kier alpha value is -1.31. The topological polar surface area (TPSA) is 29.1 Å². The molecule has 0 heterocycles. The second-order valence-corrected chi connectivity index (χ2v) is 2.33. The van der Waals surface area contributed by atoms with Crippen molar-refractivity contribution in [2.45, 2.75) is 19.8 Å². The summed E-state index contributed by atoms with van der Waals surface area (Å²) < 4.78 is 0. The first-order chi connectivity index (χ1) is 5.76. The molecule has 0 aliphatic heterocycles. The van der Waals surface area contributed by atoms with Gasteiger partial charge >= 0.3 is 0 Å². The van der Waals surface area contributed by atoms with E-state index in [1.807, 2.05) is 6.08 Å².